The van der Waals surface area contributed by atoms with Crippen molar-refractivity contribution in [1.82, 2.24) is 0 Å². The van der Waals surface area contributed by atoms with E-state index in [1.165, 1.54) is 6.92 Å². The number of carbonyl (C=O) groups is 2. The summed E-state index contributed by atoms with van der Waals surface area (Å²) in [6.07, 6.45) is -4.50. The lowest BCUT2D eigenvalue weighted by Crippen LogP contribution is -2.34. The molecule has 1 atom stereocenters. The molecular formula is C9H13F3O2. The summed E-state index contributed by atoms with van der Waals surface area (Å²) in [7, 11) is 0. The van der Waals surface area contributed by atoms with Gasteiger partial charge in [-0.1, -0.05) is 13.8 Å². The summed E-state index contributed by atoms with van der Waals surface area (Å²) in [6, 6.07) is 0. The molecule has 0 amide bonds. The molecule has 0 saturated carbocycles. The highest BCUT2D eigenvalue weighted by atomic mass is 19.4. The average Bonchev–Trinajstić information content (AvgIpc) is 2.04. The van der Waals surface area contributed by atoms with E-state index in [2.05, 4.69) is 0 Å². The highest BCUT2D eigenvalue weighted by Crippen LogP contribution is 2.24. The van der Waals surface area contributed by atoms with E-state index in [0.29, 0.717) is 6.42 Å². The van der Waals surface area contributed by atoms with Crippen LogP contribution in [0.25, 0.3) is 0 Å². The van der Waals surface area contributed by atoms with E-state index in [1.807, 2.05) is 0 Å². The van der Waals surface area contributed by atoms with Crippen molar-refractivity contribution in [2.75, 3.05) is 0 Å². The van der Waals surface area contributed by atoms with Crippen LogP contribution < -0.4 is 0 Å². The number of hydrogen-bond acceptors (Lipinski definition) is 2. The minimum absolute atomic E-state index is 0.0281. The van der Waals surface area contributed by atoms with E-state index in [9.17, 15) is 22.8 Å². The molecule has 0 aromatic heterocycles. The van der Waals surface area contributed by atoms with Crippen LogP contribution in [0.3, 0.4) is 0 Å². The molecular weight excluding hydrogens is 197 g/mol. The van der Waals surface area contributed by atoms with Crippen molar-refractivity contribution >= 4 is 11.6 Å². The molecule has 0 N–H and O–H groups in total. The van der Waals surface area contributed by atoms with Crippen LogP contribution in [0.1, 0.15) is 33.1 Å². The highest BCUT2D eigenvalue weighted by Gasteiger charge is 2.44. The number of rotatable bonds is 5. The van der Waals surface area contributed by atoms with Gasteiger partial charge in [0, 0.05) is 6.42 Å². The van der Waals surface area contributed by atoms with Crippen molar-refractivity contribution in [3.05, 3.63) is 0 Å². The zero-order valence-corrected chi connectivity index (χ0v) is 8.15. The summed E-state index contributed by atoms with van der Waals surface area (Å²) in [5.74, 6) is -4.04. The third kappa shape index (κ3) is 3.47. The molecule has 0 fully saturated rings. The second kappa shape index (κ2) is 5.12. The summed E-state index contributed by atoms with van der Waals surface area (Å²) < 4.78 is 36.0. The number of ketones is 2. The van der Waals surface area contributed by atoms with Crippen LogP contribution >= 0.6 is 0 Å². The molecule has 0 rings (SSSR count). The second-order valence-electron chi connectivity index (χ2n) is 3.04. The van der Waals surface area contributed by atoms with Crippen LogP contribution in [0.2, 0.25) is 0 Å². The van der Waals surface area contributed by atoms with Gasteiger partial charge in [0.15, 0.2) is 0 Å². The van der Waals surface area contributed by atoms with Crippen LogP contribution in [0.5, 0.6) is 0 Å². The van der Waals surface area contributed by atoms with Gasteiger partial charge in [-0.25, -0.2) is 0 Å². The van der Waals surface area contributed by atoms with Gasteiger partial charge in [0.05, 0.1) is 5.92 Å². The molecule has 0 spiro atoms. The quantitative estimate of drug-likeness (QED) is 0.653. The Kier molecular flexibility index (Phi) is 4.80. The van der Waals surface area contributed by atoms with Gasteiger partial charge in [-0.15, -0.1) is 0 Å². The number of halogens is 3. The first-order valence-electron chi connectivity index (χ1n) is 4.48. The Balaban J connectivity index is 4.57. The zero-order chi connectivity index (χ0) is 11.4. The third-order valence-corrected chi connectivity index (χ3v) is 1.89. The second-order valence-corrected chi connectivity index (χ2v) is 3.04. The smallest absolute Gasteiger partial charge is 0.299 e. The van der Waals surface area contributed by atoms with Crippen molar-refractivity contribution in [2.24, 2.45) is 5.92 Å². The molecule has 5 heteroatoms. The third-order valence-electron chi connectivity index (χ3n) is 1.89. The van der Waals surface area contributed by atoms with Gasteiger partial charge in [0.1, 0.15) is 5.78 Å². The fourth-order valence-corrected chi connectivity index (χ4v) is 1.18. The molecule has 82 valence electrons. The van der Waals surface area contributed by atoms with Crippen LogP contribution in [0, 0.1) is 5.92 Å². The van der Waals surface area contributed by atoms with Crippen LogP contribution in [0.4, 0.5) is 13.2 Å². The Morgan fingerprint density at radius 1 is 1.21 bits per heavy atom. The number of carbonyl (C=O) groups excluding carboxylic acids is 2. The Morgan fingerprint density at radius 3 is 2.00 bits per heavy atom. The zero-order valence-electron chi connectivity index (χ0n) is 8.15. The molecule has 0 aromatic carbocycles. The molecule has 0 bridgehead atoms. The number of hydrogen-bond donors (Lipinski definition) is 0. The number of alkyl halides is 3. The molecule has 0 aliphatic carbocycles. The van der Waals surface area contributed by atoms with Crippen molar-refractivity contribution in [3.63, 3.8) is 0 Å². The monoisotopic (exact) mass is 210 g/mol. The van der Waals surface area contributed by atoms with Crippen molar-refractivity contribution in [3.8, 4) is 0 Å². The first-order chi connectivity index (χ1) is 6.34. The SMILES string of the molecule is CCCC(=O)[C@@H](CC)C(=O)C(F)(F)F. The molecule has 14 heavy (non-hydrogen) atoms. The van der Waals surface area contributed by atoms with Crippen LogP contribution in [0.15, 0.2) is 0 Å². The highest BCUT2D eigenvalue weighted by molar-refractivity contribution is 6.04. The molecule has 0 saturated heterocycles. The van der Waals surface area contributed by atoms with E-state index < -0.39 is 23.7 Å². The minimum atomic E-state index is -4.90. The molecule has 0 aromatic rings. The van der Waals surface area contributed by atoms with Crippen LogP contribution in [-0.2, 0) is 9.59 Å². The lowest BCUT2D eigenvalue weighted by atomic mass is 9.93. The van der Waals surface area contributed by atoms with Crippen molar-refractivity contribution in [1.29, 1.82) is 0 Å². The largest absolute Gasteiger partial charge is 0.450 e. The van der Waals surface area contributed by atoms with Gasteiger partial charge in [-0.3, -0.25) is 9.59 Å². The van der Waals surface area contributed by atoms with Crippen LogP contribution in [-0.4, -0.2) is 17.7 Å². The van der Waals surface area contributed by atoms with Gasteiger partial charge >= 0.3 is 6.18 Å². The standard InChI is InChI=1S/C9H13F3O2/c1-3-5-7(13)6(4-2)8(14)9(10,11)12/h6H,3-5H2,1-2H3/t6-/m1/s1. The van der Waals surface area contributed by atoms with E-state index in [4.69, 9.17) is 0 Å². The maximum Gasteiger partial charge on any atom is 0.450 e. The lowest BCUT2D eigenvalue weighted by Gasteiger charge is -2.13. The Labute approximate surface area is 80.5 Å². The van der Waals surface area contributed by atoms with E-state index in [1.54, 1.807) is 6.92 Å². The molecule has 0 heterocycles. The van der Waals surface area contributed by atoms with E-state index in [0.717, 1.165) is 0 Å². The summed E-state index contributed by atoms with van der Waals surface area (Å²) in [5.41, 5.74) is 0. The summed E-state index contributed by atoms with van der Waals surface area (Å²) in [4.78, 5) is 21.9. The Bertz CT molecular complexity index is 221. The first-order valence-corrected chi connectivity index (χ1v) is 4.48. The summed E-state index contributed by atoms with van der Waals surface area (Å²) in [6.45, 7) is 3.09. The van der Waals surface area contributed by atoms with Crippen molar-refractivity contribution < 1.29 is 22.8 Å². The molecule has 2 nitrogen and oxygen atoms in total. The predicted molar refractivity (Wildman–Crippen MR) is 44.8 cm³/mol. The molecule has 0 radical (unpaired) electrons. The van der Waals surface area contributed by atoms with Crippen molar-refractivity contribution in [2.45, 2.75) is 39.3 Å². The Hall–Kier alpha value is -0.870. The summed E-state index contributed by atoms with van der Waals surface area (Å²) >= 11 is 0. The minimum Gasteiger partial charge on any atom is -0.299 e. The van der Waals surface area contributed by atoms with Gasteiger partial charge in [0.2, 0.25) is 5.78 Å². The average molecular weight is 210 g/mol. The molecule has 0 unspecified atom stereocenters. The van der Waals surface area contributed by atoms with E-state index in [-0.39, 0.29) is 12.8 Å². The fourth-order valence-electron chi connectivity index (χ4n) is 1.18. The predicted octanol–water partition coefficient (Wildman–Crippen LogP) is 2.51. The maximum absolute atomic E-state index is 12.0. The summed E-state index contributed by atoms with van der Waals surface area (Å²) in [5, 5.41) is 0. The van der Waals surface area contributed by atoms with E-state index >= 15 is 0 Å². The van der Waals surface area contributed by atoms with Gasteiger partial charge in [0.25, 0.3) is 0 Å². The maximum atomic E-state index is 12.0. The topological polar surface area (TPSA) is 34.1 Å². The van der Waals surface area contributed by atoms with Gasteiger partial charge < -0.3 is 0 Å². The van der Waals surface area contributed by atoms with Gasteiger partial charge in [-0.2, -0.15) is 13.2 Å². The Morgan fingerprint density at radius 2 is 1.71 bits per heavy atom. The first kappa shape index (κ1) is 13.1. The normalized spacial score (nSPS) is 13.8. The molecule has 0 aliphatic heterocycles. The number of Topliss-reactive ketones (excluding diaryl/α,β-unsaturated/α-hetero) is 2. The van der Waals surface area contributed by atoms with Gasteiger partial charge in [-0.05, 0) is 12.8 Å². The fraction of sp³-hybridized carbons (Fsp3) is 0.778. The lowest BCUT2D eigenvalue weighted by molar-refractivity contribution is -0.176. The molecule has 0 aliphatic rings.